The van der Waals surface area contributed by atoms with E-state index >= 15 is 0 Å². The summed E-state index contributed by atoms with van der Waals surface area (Å²) in [5, 5.41) is 0. The van der Waals surface area contributed by atoms with Crippen molar-refractivity contribution >= 4 is 11.7 Å². The van der Waals surface area contributed by atoms with E-state index in [1.807, 2.05) is 18.3 Å². The molecule has 6 heteroatoms. The molecule has 0 saturated carbocycles. The molecule has 5 rings (SSSR count). The number of piperidine rings is 1. The van der Waals surface area contributed by atoms with Crippen LogP contribution < -0.4 is 4.90 Å². The maximum absolute atomic E-state index is 13.8. The Morgan fingerprint density at radius 3 is 2.36 bits per heavy atom. The summed E-state index contributed by atoms with van der Waals surface area (Å²) in [5.74, 6) is 1.97. The lowest BCUT2D eigenvalue weighted by molar-refractivity contribution is -0.139. The standard InChI is InChI=1S/C27H37N5O/c33-27(26(31-14-6-7-15-31)24-10-2-1-3-11-24)32-16-8-9-23(22-32)21-29-17-19-30(20-18-29)25-12-4-5-13-28-25/h1-5,10-13,23,26H,6-9,14-22H2. The molecule has 3 fully saturated rings. The fourth-order valence-electron chi connectivity index (χ4n) is 5.80. The molecule has 0 radical (unpaired) electrons. The van der Waals surface area contributed by atoms with Gasteiger partial charge in [-0.25, -0.2) is 4.98 Å². The molecule has 0 aliphatic carbocycles. The van der Waals surface area contributed by atoms with Crippen molar-refractivity contribution in [3.05, 3.63) is 60.3 Å². The largest absolute Gasteiger partial charge is 0.354 e. The molecule has 2 aromatic rings. The number of likely N-dealkylation sites (tertiary alicyclic amines) is 2. The van der Waals surface area contributed by atoms with E-state index in [2.05, 4.69) is 61.0 Å². The van der Waals surface area contributed by atoms with Gasteiger partial charge in [0.1, 0.15) is 11.9 Å². The van der Waals surface area contributed by atoms with E-state index in [0.29, 0.717) is 11.8 Å². The number of rotatable bonds is 6. The van der Waals surface area contributed by atoms with E-state index in [1.165, 1.54) is 19.3 Å². The summed E-state index contributed by atoms with van der Waals surface area (Å²) in [6.07, 6.45) is 6.61. The van der Waals surface area contributed by atoms with Gasteiger partial charge in [-0.3, -0.25) is 14.6 Å². The van der Waals surface area contributed by atoms with Crippen molar-refractivity contribution in [3.63, 3.8) is 0 Å². The molecule has 1 aromatic carbocycles. The number of anilines is 1. The fraction of sp³-hybridized carbons (Fsp3) is 0.556. The fourth-order valence-corrected chi connectivity index (χ4v) is 5.80. The van der Waals surface area contributed by atoms with Crippen LogP contribution in [0.2, 0.25) is 0 Å². The zero-order valence-electron chi connectivity index (χ0n) is 19.7. The normalized spacial score (nSPS) is 23.6. The van der Waals surface area contributed by atoms with Gasteiger partial charge < -0.3 is 9.80 Å². The predicted molar refractivity (Wildman–Crippen MR) is 132 cm³/mol. The molecule has 1 aromatic heterocycles. The Morgan fingerprint density at radius 2 is 1.64 bits per heavy atom. The number of hydrogen-bond acceptors (Lipinski definition) is 5. The van der Waals surface area contributed by atoms with E-state index < -0.39 is 0 Å². The van der Waals surface area contributed by atoms with Crippen molar-refractivity contribution in [2.75, 3.05) is 63.8 Å². The van der Waals surface area contributed by atoms with Gasteiger partial charge >= 0.3 is 0 Å². The Labute approximate surface area is 198 Å². The summed E-state index contributed by atoms with van der Waals surface area (Å²) in [7, 11) is 0. The van der Waals surface area contributed by atoms with Crippen LogP contribution in [0.3, 0.4) is 0 Å². The smallest absolute Gasteiger partial charge is 0.244 e. The Kier molecular flexibility index (Phi) is 7.22. The molecule has 33 heavy (non-hydrogen) atoms. The second-order valence-corrected chi connectivity index (χ2v) is 9.82. The molecule has 0 bridgehead atoms. The summed E-state index contributed by atoms with van der Waals surface area (Å²) in [5.41, 5.74) is 1.15. The topological polar surface area (TPSA) is 42.9 Å². The SMILES string of the molecule is O=C(C(c1ccccc1)N1CCCC1)N1CCCC(CN2CCN(c3ccccn3)CC2)C1. The highest BCUT2D eigenvalue weighted by Crippen LogP contribution is 2.29. The van der Waals surface area contributed by atoms with Gasteiger partial charge in [0.25, 0.3) is 0 Å². The highest BCUT2D eigenvalue weighted by molar-refractivity contribution is 5.83. The molecule has 0 spiro atoms. The van der Waals surface area contributed by atoms with Gasteiger partial charge in [-0.15, -0.1) is 0 Å². The van der Waals surface area contributed by atoms with Crippen LogP contribution in [0.25, 0.3) is 0 Å². The van der Waals surface area contributed by atoms with E-state index in [0.717, 1.165) is 76.7 Å². The third-order valence-corrected chi connectivity index (χ3v) is 7.55. The Morgan fingerprint density at radius 1 is 0.879 bits per heavy atom. The highest BCUT2D eigenvalue weighted by Gasteiger charge is 2.35. The molecule has 3 aliphatic rings. The number of piperazine rings is 1. The molecule has 2 unspecified atom stereocenters. The number of carbonyl (C=O) groups excluding carboxylic acids is 1. The Hall–Kier alpha value is -2.44. The number of aromatic nitrogens is 1. The first-order chi connectivity index (χ1) is 16.3. The molecule has 2 atom stereocenters. The second kappa shape index (κ2) is 10.7. The summed E-state index contributed by atoms with van der Waals surface area (Å²) in [6.45, 7) is 9.15. The predicted octanol–water partition coefficient (Wildman–Crippen LogP) is 3.28. The maximum Gasteiger partial charge on any atom is 0.244 e. The summed E-state index contributed by atoms with van der Waals surface area (Å²) in [6, 6.07) is 16.4. The zero-order chi connectivity index (χ0) is 22.5. The molecule has 0 N–H and O–H groups in total. The van der Waals surface area contributed by atoms with Crippen molar-refractivity contribution < 1.29 is 4.79 Å². The van der Waals surface area contributed by atoms with E-state index in [4.69, 9.17) is 0 Å². The third-order valence-electron chi connectivity index (χ3n) is 7.55. The van der Waals surface area contributed by atoms with Crippen LogP contribution in [0, 0.1) is 5.92 Å². The lowest BCUT2D eigenvalue weighted by atomic mass is 9.95. The first-order valence-corrected chi connectivity index (χ1v) is 12.7. The van der Waals surface area contributed by atoms with Gasteiger partial charge in [0.05, 0.1) is 0 Å². The number of pyridine rings is 1. The minimum Gasteiger partial charge on any atom is -0.354 e. The Balaban J connectivity index is 1.18. The third kappa shape index (κ3) is 5.39. The van der Waals surface area contributed by atoms with Crippen molar-refractivity contribution in [1.82, 2.24) is 19.7 Å². The summed E-state index contributed by atoms with van der Waals surface area (Å²) >= 11 is 0. The van der Waals surface area contributed by atoms with Crippen molar-refractivity contribution in [1.29, 1.82) is 0 Å². The Bertz CT molecular complexity index is 878. The molecular formula is C27H37N5O. The lowest BCUT2D eigenvalue weighted by Crippen LogP contribution is -2.51. The van der Waals surface area contributed by atoms with E-state index in [9.17, 15) is 4.79 Å². The van der Waals surface area contributed by atoms with Crippen LogP contribution in [0.15, 0.2) is 54.7 Å². The first-order valence-electron chi connectivity index (χ1n) is 12.7. The average Bonchev–Trinajstić information content (AvgIpc) is 3.40. The van der Waals surface area contributed by atoms with E-state index in [-0.39, 0.29) is 6.04 Å². The number of benzene rings is 1. The van der Waals surface area contributed by atoms with Crippen LogP contribution in [0.4, 0.5) is 5.82 Å². The maximum atomic E-state index is 13.8. The summed E-state index contributed by atoms with van der Waals surface area (Å²) < 4.78 is 0. The van der Waals surface area contributed by atoms with Gasteiger partial charge in [0.2, 0.25) is 5.91 Å². The molecule has 4 heterocycles. The highest BCUT2D eigenvalue weighted by atomic mass is 16.2. The minimum atomic E-state index is -0.116. The van der Waals surface area contributed by atoms with Gasteiger partial charge in [0.15, 0.2) is 0 Å². The van der Waals surface area contributed by atoms with Crippen LogP contribution in [-0.2, 0) is 4.79 Å². The van der Waals surface area contributed by atoms with Crippen LogP contribution in [0.5, 0.6) is 0 Å². The second-order valence-electron chi connectivity index (χ2n) is 9.82. The van der Waals surface area contributed by atoms with Crippen LogP contribution >= 0.6 is 0 Å². The molecular weight excluding hydrogens is 410 g/mol. The van der Waals surface area contributed by atoms with Gasteiger partial charge in [-0.05, 0) is 62.4 Å². The number of carbonyl (C=O) groups is 1. The average molecular weight is 448 g/mol. The van der Waals surface area contributed by atoms with Crippen molar-refractivity contribution in [3.8, 4) is 0 Å². The zero-order valence-corrected chi connectivity index (χ0v) is 19.7. The lowest BCUT2D eigenvalue weighted by Gasteiger charge is -2.41. The van der Waals surface area contributed by atoms with E-state index in [1.54, 1.807) is 0 Å². The molecule has 3 aliphatic heterocycles. The number of hydrogen-bond donors (Lipinski definition) is 0. The van der Waals surface area contributed by atoms with Crippen LogP contribution in [-0.4, -0.2) is 84.5 Å². The quantitative estimate of drug-likeness (QED) is 0.680. The van der Waals surface area contributed by atoms with Gasteiger partial charge in [0, 0.05) is 52.0 Å². The van der Waals surface area contributed by atoms with Gasteiger partial charge in [-0.2, -0.15) is 0 Å². The molecule has 1 amide bonds. The van der Waals surface area contributed by atoms with Crippen molar-refractivity contribution in [2.45, 2.75) is 31.7 Å². The number of amides is 1. The molecule has 176 valence electrons. The first kappa shape index (κ1) is 22.4. The minimum absolute atomic E-state index is 0.116. The molecule has 3 saturated heterocycles. The van der Waals surface area contributed by atoms with Crippen LogP contribution in [0.1, 0.15) is 37.3 Å². The molecule has 6 nitrogen and oxygen atoms in total. The number of nitrogens with zero attached hydrogens (tertiary/aromatic N) is 5. The van der Waals surface area contributed by atoms with Crippen molar-refractivity contribution in [2.24, 2.45) is 5.92 Å². The van der Waals surface area contributed by atoms with Gasteiger partial charge in [-0.1, -0.05) is 36.4 Å². The summed E-state index contributed by atoms with van der Waals surface area (Å²) in [4.78, 5) is 27.8. The monoisotopic (exact) mass is 447 g/mol.